The third kappa shape index (κ3) is 4.56. The first kappa shape index (κ1) is 18.7. The van der Waals surface area contributed by atoms with E-state index in [0.29, 0.717) is 5.69 Å². The number of para-hydroxylation sites is 1. The van der Waals surface area contributed by atoms with Crippen LogP contribution in [0.1, 0.15) is 19.5 Å². The summed E-state index contributed by atoms with van der Waals surface area (Å²) in [5, 5.41) is 15.1. The van der Waals surface area contributed by atoms with E-state index in [2.05, 4.69) is 15.6 Å². The van der Waals surface area contributed by atoms with Crippen LogP contribution in [0.2, 0.25) is 0 Å². The number of hydrogen-bond acceptors (Lipinski definition) is 3. The van der Waals surface area contributed by atoms with Crippen molar-refractivity contribution in [3.63, 3.8) is 0 Å². The number of carbonyl (C=O) groups excluding carboxylic acids is 1. The molecule has 0 radical (unpaired) electrons. The minimum atomic E-state index is -1.05. The van der Waals surface area contributed by atoms with Gasteiger partial charge in [-0.05, 0) is 25.0 Å². The Bertz CT molecular complexity index is 719. The van der Waals surface area contributed by atoms with Gasteiger partial charge in [0.25, 0.3) is 0 Å². The Kier molecular flexibility index (Phi) is 6.33. The van der Waals surface area contributed by atoms with Crippen LogP contribution in [0.4, 0.5) is 10.5 Å². The summed E-state index contributed by atoms with van der Waals surface area (Å²) >= 11 is 0. The van der Waals surface area contributed by atoms with Crippen LogP contribution >= 0.6 is 12.4 Å². The summed E-state index contributed by atoms with van der Waals surface area (Å²) in [6.07, 6.45) is 0. The maximum atomic E-state index is 12.1. The number of rotatable bonds is 4. The maximum absolute atomic E-state index is 12.1. The van der Waals surface area contributed by atoms with Gasteiger partial charge in [-0.25, -0.2) is 9.59 Å². The first-order valence-electron chi connectivity index (χ1n) is 7.05. The van der Waals surface area contributed by atoms with Gasteiger partial charge in [-0.3, -0.25) is 4.98 Å². The summed E-state index contributed by atoms with van der Waals surface area (Å²) in [6.45, 7) is 5.32. The summed E-state index contributed by atoms with van der Waals surface area (Å²) in [6, 6.07) is 7.72. The summed E-state index contributed by atoms with van der Waals surface area (Å²) in [7, 11) is 0. The van der Waals surface area contributed by atoms with Crippen LogP contribution in [0.5, 0.6) is 0 Å². The third-order valence-corrected chi connectivity index (χ3v) is 3.31. The number of fused-ring (bicyclic) bond motifs is 1. The molecule has 1 aromatic heterocycles. The van der Waals surface area contributed by atoms with Crippen molar-refractivity contribution in [2.45, 2.75) is 26.8 Å². The molecule has 0 aliphatic heterocycles. The van der Waals surface area contributed by atoms with Crippen LogP contribution in [0, 0.1) is 12.8 Å². The van der Waals surface area contributed by atoms with Gasteiger partial charge in [-0.1, -0.05) is 32.0 Å². The van der Waals surface area contributed by atoms with Gasteiger partial charge in [0.1, 0.15) is 6.04 Å². The predicted molar refractivity (Wildman–Crippen MR) is 92.1 cm³/mol. The Labute approximate surface area is 140 Å². The Morgan fingerprint density at radius 3 is 2.48 bits per heavy atom. The van der Waals surface area contributed by atoms with Gasteiger partial charge >= 0.3 is 12.0 Å². The Morgan fingerprint density at radius 2 is 1.87 bits per heavy atom. The maximum Gasteiger partial charge on any atom is 0.326 e. The van der Waals surface area contributed by atoms with E-state index in [4.69, 9.17) is 5.11 Å². The van der Waals surface area contributed by atoms with E-state index < -0.39 is 18.0 Å². The number of carboxylic acids is 1. The lowest BCUT2D eigenvalue weighted by Crippen LogP contribution is -2.46. The van der Waals surface area contributed by atoms with Crippen LogP contribution in [0.3, 0.4) is 0 Å². The number of halogens is 1. The number of amides is 2. The van der Waals surface area contributed by atoms with Crippen LogP contribution in [0.15, 0.2) is 30.3 Å². The molecule has 0 bridgehead atoms. The van der Waals surface area contributed by atoms with Crippen molar-refractivity contribution >= 4 is 41.0 Å². The van der Waals surface area contributed by atoms with Crippen molar-refractivity contribution < 1.29 is 14.7 Å². The lowest BCUT2D eigenvalue weighted by atomic mass is 10.1. The minimum absolute atomic E-state index is 0. The highest BCUT2D eigenvalue weighted by Gasteiger charge is 2.23. The first-order chi connectivity index (χ1) is 10.4. The molecule has 0 fully saturated rings. The lowest BCUT2D eigenvalue weighted by Gasteiger charge is -2.18. The number of aliphatic carboxylic acids is 1. The second-order valence-corrected chi connectivity index (χ2v) is 5.49. The molecule has 0 unspecified atom stereocenters. The molecule has 0 spiro atoms. The molecule has 0 aliphatic rings. The summed E-state index contributed by atoms with van der Waals surface area (Å²) in [4.78, 5) is 27.6. The van der Waals surface area contributed by atoms with E-state index in [9.17, 15) is 9.59 Å². The summed E-state index contributed by atoms with van der Waals surface area (Å²) in [5.74, 6) is -1.26. The van der Waals surface area contributed by atoms with Gasteiger partial charge in [0.05, 0.1) is 11.2 Å². The molecule has 6 nitrogen and oxygen atoms in total. The zero-order chi connectivity index (χ0) is 16.3. The number of benzene rings is 1. The molecule has 2 rings (SSSR count). The highest BCUT2D eigenvalue weighted by atomic mass is 35.5. The Balaban J connectivity index is 0.00000264. The minimum Gasteiger partial charge on any atom is -0.480 e. The molecule has 1 atom stereocenters. The molecule has 124 valence electrons. The fourth-order valence-electron chi connectivity index (χ4n) is 2.22. The molecule has 2 amide bonds. The molecular formula is C16H20ClN3O3. The van der Waals surface area contributed by atoms with Crippen molar-refractivity contribution in [2.24, 2.45) is 5.92 Å². The molecule has 3 N–H and O–H groups in total. The number of anilines is 1. The van der Waals surface area contributed by atoms with Gasteiger partial charge in [0, 0.05) is 11.1 Å². The molecule has 0 aliphatic carbocycles. The number of urea groups is 1. The first-order valence-corrected chi connectivity index (χ1v) is 7.05. The topological polar surface area (TPSA) is 91.3 Å². The van der Waals surface area contributed by atoms with Gasteiger partial charge in [0.15, 0.2) is 0 Å². The quantitative estimate of drug-likeness (QED) is 0.799. The van der Waals surface area contributed by atoms with Crippen molar-refractivity contribution in [1.82, 2.24) is 10.3 Å². The van der Waals surface area contributed by atoms with Crippen molar-refractivity contribution in [1.29, 1.82) is 0 Å². The molecule has 1 heterocycles. The molecular weight excluding hydrogens is 318 g/mol. The number of hydrogen-bond donors (Lipinski definition) is 3. The van der Waals surface area contributed by atoms with Crippen molar-refractivity contribution in [2.75, 3.05) is 5.32 Å². The highest BCUT2D eigenvalue weighted by molar-refractivity contribution is 6.01. The van der Waals surface area contributed by atoms with Gasteiger partial charge in [-0.2, -0.15) is 0 Å². The van der Waals surface area contributed by atoms with Crippen LogP contribution in [0.25, 0.3) is 10.9 Å². The molecule has 7 heteroatoms. The molecule has 1 aromatic carbocycles. The summed E-state index contributed by atoms with van der Waals surface area (Å²) < 4.78 is 0. The number of aromatic nitrogens is 1. The smallest absolute Gasteiger partial charge is 0.326 e. The SMILES string of the molecule is Cc1cc(NC(=O)N[C@H](C(=O)O)C(C)C)c2ccccc2n1.Cl. The van der Waals surface area contributed by atoms with Gasteiger partial charge in [0.2, 0.25) is 0 Å². The fraction of sp³-hybridized carbons (Fsp3) is 0.312. The van der Waals surface area contributed by atoms with E-state index in [-0.39, 0.29) is 18.3 Å². The van der Waals surface area contributed by atoms with Gasteiger partial charge < -0.3 is 15.7 Å². The van der Waals surface area contributed by atoms with Crippen LogP contribution in [-0.4, -0.2) is 28.1 Å². The molecule has 0 saturated carbocycles. The number of aryl methyl sites for hydroxylation is 1. The number of nitrogens with one attached hydrogen (secondary N) is 2. The third-order valence-electron chi connectivity index (χ3n) is 3.31. The number of pyridine rings is 1. The highest BCUT2D eigenvalue weighted by Crippen LogP contribution is 2.22. The number of carboxylic acid groups (broad SMARTS) is 1. The van der Waals surface area contributed by atoms with Crippen LogP contribution < -0.4 is 10.6 Å². The second kappa shape index (κ2) is 7.78. The van der Waals surface area contributed by atoms with Crippen molar-refractivity contribution in [3.8, 4) is 0 Å². The van der Waals surface area contributed by atoms with Crippen LogP contribution in [-0.2, 0) is 4.79 Å². The second-order valence-electron chi connectivity index (χ2n) is 5.49. The van der Waals surface area contributed by atoms with Gasteiger partial charge in [-0.15, -0.1) is 12.4 Å². The Morgan fingerprint density at radius 1 is 1.22 bits per heavy atom. The molecule has 0 saturated heterocycles. The number of carbonyl (C=O) groups is 2. The normalized spacial score (nSPS) is 11.7. The van der Waals surface area contributed by atoms with E-state index in [1.165, 1.54) is 0 Å². The predicted octanol–water partition coefficient (Wildman–Crippen LogP) is 3.20. The Hall–Kier alpha value is -2.34. The van der Waals surface area contributed by atoms with E-state index >= 15 is 0 Å². The lowest BCUT2D eigenvalue weighted by molar-refractivity contribution is -0.140. The average Bonchev–Trinajstić information content (AvgIpc) is 2.44. The average molecular weight is 338 g/mol. The zero-order valence-corrected chi connectivity index (χ0v) is 14.0. The monoisotopic (exact) mass is 337 g/mol. The summed E-state index contributed by atoms with van der Waals surface area (Å²) in [5.41, 5.74) is 2.15. The number of nitrogens with zero attached hydrogens (tertiary/aromatic N) is 1. The van der Waals surface area contributed by atoms with E-state index in [1.807, 2.05) is 31.2 Å². The van der Waals surface area contributed by atoms with E-state index in [1.54, 1.807) is 19.9 Å². The molecule has 23 heavy (non-hydrogen) atoms. The fourth-order valence-corrected chi connectivity index (χ4v) is 2.22. The zero-order valence-electron chi connectivity index (χ0n) is 13.2. The standard InChI is InChI=1S/C16H19N3O3.ClH/c1-9(2)14(15(20)21)19-16(22)18-13-8-10(3)17-12-7-5-4-6-11(12)13;/h4-9,14H,1-3H3,(H,20,21)(H2,17,18,19,22);1H/t14-;/m0./s1. The molecule has 2 aromatic rings. The van der Waals surface area contributed by atoms with E-state index in [0.717, 1.165) is 16.6 Å². The largest absolute Gasteiger partial charge is 0.480 e. The van der Waals surface area contributed by atoms with Crippen molar-refractivity contribution in [3.05, 3.63) is 36.0 Å².